The molecule has 1 aliphatic heterocycles. The van der Waals surface area contributed by atoms with E-state index in [0.717, 1.165) is 32.8 Å². The predicted octanol–water partition coefficient (Wildman–Crippen LogP) is 7.26. The van der Waals surface area contributed by atoms with E-state index in [1.54, 1.807) is 18.2 Å². The average molecular weight is 525 g/mol. The lowest BCUT2D eigenvalue weighted by molar-refractivity contribution is -0.114. The number of fused-ring (bicyclic) bond motifs is 1. The molecule has 5 rings (SSSR count). The van der Waals surface area contributed by atoms with Crippen LogP contribution < -0.4 is 10.2 Å². The standard InChI is InChI=1S/C31H25ClN2O2S/c1-21-8-2-3-10-25(21)20-34-27-12-6-7-13-28(27)37-29(31(34)36)18-22-14-16-23(17-15-22)30(35)33-19-24-9-4-5-11-26(24)32/h2-18H,19-20H2,1H3,(H,33,35)/b29-18+. The van der Waals surface area contributed by atoms with E-state index in [-0.39, 0.29) is 11.8 Å². The van der Waals surface area contributed by atoms with Crippen molar-refractivity contribution in [1.82, 2.24) is 5.32 Å². The molecule has 184 valence electrons. The first-order valence-electron chi connectivity index (χ1n) is 12.0. The Morgan fingerprint density at radius 2 is 1.57 bits per heavy atom. The van der Waals surface area contributed by atoms with Crippen LogP contribution in [-0.4, -0.2) is 11.8 Å². The van der Waals surface area contributed by atoms with Crippen LogP contribution in [0.5, 0.6) is 0 Å². The molecule has 6 heteroatoms. The monoisotopic (exact) mass is 524 g/mol. The Morgan fingerprint density at radius 3 is 2.32 bits per heavy atom. The smallest absolute Gasteiger partial charge is 0.265 e. The Labute approximate surface area is 226 Å². The molecule has 37 heavy (non-hydrogen) atoms. The largest absolute Gasteiger partial charge is 0.348 e. The number of benzene rings is 4. The average Bonchev–Trinajstić information content (AvgIpc) is 2.92. The van der Waals surface area contributed by atoms with Gasteiger partial charge in [0, 0.05) is 22.0 Å². The summed E-state index contributed by atoms with van der Waals surface area (Å²) in [6.07, 6.45) is 1.89. The maximum atomic E-state index is 13.6. The molecular weight excluding hydrogens is 500 g/mol. The van der Waals surface area contributed by atoms with E-state index >= 15 is 0 Å². The summed E-state index contributed by atoms with van der Waals surface area (Å²) in [7, 11) is 0. The van der Waals surface area contributed by atoms with E-state index in [1.165, 1.54) is 11.8 Å². The van der Waals surface area contributed by atoms with Gasteiger partial charge in [-0.3, -0.25) is 9.59 Å². The summed E-state index contributed by atoms with van der Waals surface area (Å²) >= 11 is 7.66. The summed E-state index contributed by atoms with van der Waals surface area (Å²) in [4.78, 5) is 29.7. The van der Waals surface area contributed by atoms with Gasteiger partial charge in [-0.05, 0) is 65.6 Å². The lowest BCUT2D eigenvalue weighted by Gasteiger charge is -2.31. The normalized spacial score (nSPS) is 13.9. The third-order valence-electron chi connectivity index (χ3n) is 6.29. The zero-order chi connectivity index (χ0) is 25.8. The summed E-state index contributed by atoms with van der Waals surface area (Å²) in [5.74, 6) is -0.214. The van der Waals surface area contributed by atoms with E-state index in [1.807, 2.05) is 77.7 Å². The number of hydrogen-bond acceptors (Lipinski definition) is 3. The van der Waals surface area contributed by atoms with Gasteiger partial charge in [-0.15, -0.1) is 0 Å². The van der Waals surface area contributed by atoms with Gasteiger partial charge < -0.3 is 10.2 Å². The lowest BCUT2D eigenvalue weighted by atomic mass is 10.1. The number of nitrogens with zero attached hydrogens (tertiary/aromatic N) is 1. The Hall–Kier alpha value is -3.80. The SMILES string of the molecule is Cc1ccccc1CN1C(=O)/C(=C\c2ccc(C(=O)NCc3ccccc3Cl)cc2)Sc2ccccc21. The Bertz CT molecular complexity index is 1500. The van der Waals surface area contributed by atoms with Crippen LogP contribution in [0, 0.1) is 6.92 Å². The topological polar surface area (TPSA) is 49.4 Å². The van der Waals surface area contributed by atoms with E-state index in [0.29, 0.717) is 28.6 Å². The van der Waals surface area contributed by atoms with Crippen LogP contribution in [0.2, 0.25) is 5.02 Å². The Kier molecular flexibility index (Phi) is 7.45. The van der Waals surface area contributed by atoms with Crippen molar-refractivity contribution < 1.29 is 9.59 Å². The second-order valence-corrected chi connectivity index (χ2v) is 10.3. The number of carbonyl (C=O) groups excluding carboxylic acids is 2. The number of thioether (sulfide) groups is 1. The van der Waals surface area contributed by atoms with Crippen LogP contribution in [0.1, 0.15) is 32.6 Å². The van der Waals surface area contributed by atoms with Crippen molar-refractivity contribution in [3.63, 3.8) is 0 Å². The number of carbonyl (C=O) groups is 2. The number of para-hydroxylation sites is 1. The molecule has 0 spiro atoms. The zero-order valence-electron chi connectivity index (χ0n) is 20.3. The number of rotatable bonds is 6. The van der Waals surface area contributed by atoms with Crippen LogP contribution in [0.25, 0.3) is 6.08 Å². The van der Waals surface area contributed by atoms with Gasteiger partial charge in [0.1, 0.15) is 0 Å². The van der Waals surface area contributed by atoms with Crippen molar-refractivity contribution in [3.05, 3.63) is 135 Å². The lowest BCUT2D eigenvalue weighted by Crippen LogP contribution is -2.33. The minimum Gasteiger partial charge on any atom is -0.348 e. The third kappa shape index (κ3) is 5.63. The highest BCUT2D eigenvalue weighted by atomic mass is 35.5. The van der Waals surface area contributed by atoms with Crippen molar-refractivity contribution >= 4 is 46.9 Å². The van der Waals surface area contributed by atoms with Crippen molar-refractivity contribution in [2.45, 2.75) is 24.9 Å². The molecule has 1 heterocycles. The molecule has 0 aliphatic carbocycles. The fourth-order valence-electron chi connectivity index (χ4n) is 4.18. The van der Waals surface area contributed by atoms with Gasteiger partial charge in [0.05, 0.1) is 17.1 Å². The van der Waals surface area contributed by atoms with E-state index < -0.39 is 0 Å². The summed E-state index contributed by atoms with van der Waals surface area (Å²) in [5.41, 5.74) is 5.45. The zero-order valence-corrected chi connectivity index (χ0v) is 21.9. The number of halogens is 1. The van der Waals surface area contributed by atoms with Gasteiger partial charge in [-0.25, -0.2) is 0 Å². The second-order valence-electron chi connectivity index (χ2n) is 8.79. The van der Waals surface area contributed by atoms with Gasteiger partial charge in [0.25, 0.3) is 11.8 Å². The van der Waals surface area contributed by atoms with E-state index in [4.69, 9.17) is 11.6 Å². The summed E-state index contributed by atoms with van der Waals surface area (Å²) < 4.78 is 0. The number of anilines is 1. The van der Waals surface area contributed by atoms with Crippen LogP contribution in [0.15, 0.2) is 107 Å². The van der Waals surface area contributed by atoms with Crippen LogP contribution in [-0.2, 0) is 17.9 Å². The second kappa shape index (κ2) is 11.1. The molecule has 4 aromatic rings. The highest BCUT2D eigenvalue weighted by Crippen LogP contribution is 2.42. The van der Waals surface area contributed by atoms with E-state index in [2.05, 4.69) is 24.4 Å². The summed E-state index contributed by atoms with van der Waals surface area (Å²) in [6, 6.07) is 30.8. The minimum absolute atomic E-state index is 0.0338. The van der Waals surface area contributed by atoms with Gasteiger partial charge in [0.2, 0.25) is 0 Å². The third-order valence-corrected chi connectivity index (χ3v) is 7.74. The quantitative estimate of drug-likeness (QED) is 0.270. The van der Waals surface area contributed by atoms with Crippen LogP contribution >= 0.6 is 23.4 Å². The molecule has 0 bridgehead atoms. The van der Waals surface area contributed by atoms with Gasteiger partial charge >= 0.3 is 0 Å². The number of hydrogen-bond donors (Lipinski definition) is 1. The highest BCUT2D eigenvalue weighted by molar-refractivity contribution is 8.04. The van der Waals surface area contributed by atoms with Crippen molar-refractivity contribution in [1.29, 1.82) is 0 Å². The van der Waals surface area contributed by atoms with E-state index in [9.17, 15) is 9.59 Å². The van der Waals surface area contributed by atoms with Crippen molar-refractivity contribution in [3.8, 4) is 0 Å². The molecule has 0 unspecified atom stereocenters. The van der Waals surface area contributed by atoms with Gasteiger partial charge in [-0.1, -0.05) is 90.1 Å². The van der Waals surface area contributed by atoms with Crippen molar-refractivity contribution in [2.75, 3.05) is 4.90 Å². The fraction of sp³-hybridized carbons (Fsp3) is 0.0968. The maximum Gasteiger partial charge on any atom is 0.265 e. The minimum atomic E-state index is -0.180. The maximum absolute atomic E-state index is 13.6. The fourth-order valence-corrected chi connectivity index (χ4v) is 5.44. The molecule has 0 aromatic heterocycles. The van der Waals surface area contributed by atoms with Gasteiger partial charge in [-0.2, -0.15) is 0 Å². The molecule has 4 aromatic carbocycles. The molecular formula is C31H25ClN2O2S. The predicted molar refractivity (Wildman–Crippen MR) is 152 cm³/mol. The first-order chi connectivity index (χ1) is 18.0. The molecule has 0 saturated carbocycles. The number of aryl methyl sites for hydroxylation is 1. The first kappa shape index (κ1) is 24.9. The molecule has 0 fully saturated rings. The number of nitrogens with one attached hydrogen (secondary N) is 1. The van der Waals surface area contributed by atoms with Gasteiger partial charge in [0.15, 0.2) is 0 Å². The number of amides is 2. The Morgan fingerprint density at radius 1 is 0.892 bits per heavy atom. The Balaban J connectivity index is 1.34. The van der Waals surface area contributed by atoms with Crippen LogP contribution in [0.4, 0.5) is 5.69 Å². The summed E-state index contributed by atoms with van der Waals surface area (Å²) in [5, 5.41) is 3.53. The first-order valence-corrected chi connectivity index (χ1v) is 13.2. The van der Waals surface area contributed by atoms with Crippen LogP contribution in [0.3, 0.4) is 0 Å². The molecule has 2 amide bonds. The molecule has 1 aliphatic rings. The molecule has 0 saturated heterocycles. The molecule has 1 N–H and O–H groups in total. The molecule has 0 radical (unpaired) electrons. The molecule has 4 nitrogen and oxygen atoms in total. The summed E-state index contributed by atoms with van der Waals surface area (Å²) in [6.45, 7) is 2.92. The molecule has 0 atom stereocenters. The van der Waals surface area contributed by atoms with Crippen molar-refractivity contribution in [2.24, 2.45) is 0 Å². The highest BCUT2D eigenvalue weighted by Gasteiger charge is 2.29.